The van der Waals surface area contributed by atoms with Crippen LogP contribution in [0.15, 0.2) is 47.6 Å². The van der Waals surface area contributed by atoms with Crippen molar-refractivity contribution < 1.29 is 0 Å². The van der Waals surface area contributed by atoms with Crippen LogP contribution < -0.4 is 5.73 Å². The standard InChI is InChI=1S/C15H23N.C2H6/c1-4-12(2)10-14-8-6-5-7-9-15(14)11-13(3)16;1-2/h4,7,9-10,13H,1,5-6,8,11,16H2,2-3H3;1-2H3/b12-10-;. The molecule has 1 atom stereocenters. The molecule has 0 radical (unpaired) electrons. The fraction of sp³-hybridized carbons (Fsp3) is 0.529. The third-order valence-electron chi connectivity index (χ3n) is 2.81. The summed E-state index contributed by atoms with van der Waals surface area (Å²) in [6.45, 7) is 12.0. The molecule has 0 aromatic rings. The number of hydrogen-bond donors (Lipinski definition) is 1. The van der Waals surface area contributed by atoms with Gasteiger partial charge in [-0.25, -0.2) is 0 Å². The Labute approximate surface area is 113 Å². The van der Waals surface area contributed by atoms with Gasteiger partial charge in [-0.15, -0.1) is 0 Å². The Balaban J connectivity index is 0.00000137. The molecule has 1 unspecified atom stereocenters. The van der Waals surface area contributed by atoms with Crippen molar-refractivity contribution >= 4 is 0 Å². The molecule has 1 aliphatic rings. The molecule has 2 N–H and O–H groups in total. The first-order valence-corrected chi connectivity index (χ1v) is 7.08. The van der Waals surface area contributed by atoms with E-state index in [9.17, 15) is 0 Å². The SMILES string of the molecule is C=C/C(C)=C\C1=C(CC(C)N)C=CCCC1.CC. The monoisotopic (exact) mass is 247 g/mol. The van der Waals surface area contributed by atoms with Crippen molar-refractivity contribution in [2.45, 2.75) is 59.4 Å². The molecular formula is C17H29N. The third kappa shape index (κ3) is 6.61. The lowest BCUT2D eigenvalue weighted by Crippen LogP contribution is -2.15. The summed E-state index contributed by atoms with van der Waals surface area (Å²) in [4.78, 5) is 0. The van der Waals surface area contributed by atoms with Gasteiger partial charge in [-0.1, -0.05) is 50.3 Å². The third-order valence-corrected chi connectivity index (χ3v) is 2.81. The van der Waals surface area contributed by atoms with Crippen molar-refractivity contribution in [3.63, 3.8) is 0 Å². The highest BCUT2D eigenvalue weighted by Crippen LogP contribution is 2.24. The fourth-order valence-electron chi connectivity index (χ4n) is 1.95. The molecule has 1 aliphatic carbocycles. The van der Waals surface area contributed by atoms with Crippen LogP contribution in [0.25, 0.3) is 0 Å². The van der Waals surface area contributed by atoms with Crippen LogP contribution in [0.3, 0.4) is 0 Å². The van der Waals surface area contributed by atoms with Crippen LogP contribution in [0.4, 0.5) is 0 Å². The molecule has 0 heterocycles. The molecule has 1 nitrogen and oxygen atoms in total. The molecule has 0 aromatic carbocycles. The molecular weight excluding hydrogens is 218 g/mol. The normalized spacial score (nSPS) is 17.7. The maximum atomic E-state index is 5.89. The first kappa shape index (κ1) is 16.9. The number of hydrogen-bond acceptors (Lipinski definition) is 1. The molecule has 0 saturated carbocycles. The number of nitrogens with two attached hydrogens (primary N) is 1. The maximum absolute atomic E-state index is 5.89. The average Bonchev–Trinajstić information content (AvgIpc) is 2.57. The van der Waals surface area contributed by atoms with Gasteiger partial charge in [0.1, 0.15) is 0 Å². The van der Waals surface area contributed by atoms with E-state index in [-0.39, 0.29) is 6.04 Å². The minimum absolute atomic E-state index is 0.227. The zero-order chi connectivity index (χ0) is 14.0. The van der Waals surface area contributed by atoms with E-state index in [1.807, 2.05) is 19.9 Å². The lowest BCUT2D eigenvalue weighted by atomic mass is 9.97. The largest absolute Gasteiger partial charge is 0.328 e. The van der Waals surface area contributed by atoms with Gasteiger partial charge in [0.25, 0.3) is 0 Å². The highest BCUT2D eigenvalue weighted by atomic mass is 14.6. The average molecular weight is 247 g/mol. The van der Waals surface area contributed by atoms with Crippen LogP contribution in [0.5, 0.6) is 0 Å². The molecule has 0 bridgehead atoms. The molecule has 102 valence electrons. The predicted molar refractivity (Wildman–Crippen MR) is 83.6 cm³/mol. The summed E-state index contributed by atoms with van der Waals surface area (Å²) in [7, 11) is 0. The molecule has 1 rings (SSSR count). The molecule has 0 aliphatic heterocycles. The van der Waals surface area contributed by atoms with Crippen molar-refractivity contribution in [2.24, 2.45) is 5.73 Å². The van der Waals surface area contributed by atoms with Crippen molar-refractivity contribution in [2.75, 3.05) is 0 Å². The highest BCUT2D eigenvalue weighted by molar-refractivity contribution is 5.38. The van der Waals surface area contributed by atoms with Gasteiger partial charge in [0, 0.05) is 6.04 Å². The van der Waals surface area contributed by atoms with Crippen molar-refractivity contribution in [3.05, 3.63) is 47.6 Å². The second-order valence-corrected chi connectivity index (χ2v) is 4.62. The summed E-state index contributed by atoms with van der Waals surface area (Å²) in [5, 5.41) is 0. The van der Waals surface area contributed by atoms with Crippen LogP contribution in [-0.4, -0.2) is 6.04 Å². The van der Waals surface area contributed by atoms with E-state index in [0.717, 1.165) is 12.8 Å². The van der Waals surface area contributed by atoms with Gasteiger partial charge in [0.2, 0.25) is 0 Å². The van der Waals surface area contributed by atoms with E-state index in [4.69, 9.17) is 5.73 Å². The second-order valence-electron chi connectivity index (χ2n) is 4.62. The molecule has 0 amide bonds. The highest BCUT2D eigenvalue weighted by Gasteiger charge is 2.07. The molecule has 0 aromatic heterocycles. The molecule has 0 fully saturated rings. The summed E-state index contributed by atoms with van der Waals surface area (Å²) >= 11 is 0. The lowest BCUT2D eigenvalue weighted by Gasteiger charge is -2.11. The van der Waals surface area contributed by atoms with E-state index >= 15 is 0 Å². The Kier molecular flexibility index (Phi) is 9.31. The van der Waals surface area contributed by atoms with Crippen LogP contribution in [0.1, 0.15) is 53.4 Å². The number of allylic oxidation sites excluding steroid dienone is 6. The zero-order valence-electron chi connectivity index (χ0n) is 12.5. The van der Waals surface area contributed by atoms with Gasteiger partial charge in [-0.2, -0.15) is 0 Å². The van der Waals surface area contributed by atoms with E-state index in [0.29, 0.717) is 0 Å². The topological polar surface area (TPSA) is 26.0 Å². The predicted octanol–water partition coefficient (Wildman–Crippen LogP) is 4.92. The Morgan fingerprint density at radius 1 is 1.50 bits per heavy atom. The molecule has 0 spiro atoms. The Morgan fingerprint density at radius 2 is 2.17 bits per heavy atom. The van der Waals surface area contributed by atoms with E-state index < -0.39 is 0 Å². The second kappa shape index (κ2) is 9.90. The van der Waals surface area contributed by atoms with Crippen LogP contribution in [0, 0.1) is 0 Å². The van der Waals surface area contributed by atoms with Crippen molar-refractivity contribution in [3.8, 4) is 0 Å². The van der Waals surface area contributed by atoms with Crippen LogP contribution in [-0.2, 0) is 0 Å². The Bertz CT molecular complexity index is 330. The summed E-state index contributed by atoms with van der Waals surface area (Å²) in [5.74, 6) is 0. The van der Waals surface area contributed by atoms with Gasteiger partial charge in [0.05, 0.1) is 0 Å². The Morgan fingerprint density at radius 3 is 2.72 bits per heavy atom. The minimum atomic E-state index is 0.227. The number of rotatable bonds is 4. The lowest BCUT2D eigenvalue weighted by molar-refractivity contribution is 0.733. The smallest absolute Gasteiger partial charge is 0.00510 e. The van der Waals surface area contributed by atoms with E-state index in [2.05, 4.69) is 38.7 Å². The quantitative estimate of drug-likeness (QED) is 0.701. The molecule has 1 heteroatoms. The first-order chi connectivity index (χ1) is 8.63. The Hall–Kier alpha value is -1.08. The molecule has 18 heavy (non-hydrogen) atoms. The zero-order valence-corrected chi connectivity index (χ0v) is 12.5. The van der Waals surface area contributed by atoms with Crippen molar-refractivity contribution in [1.29, 1.82) is 0 Å². The van der Waals surface area contributed by atoms with Gasteiger partial charge < -0.3 is 5.73 Å². The van der Waals surface area contributed by atoms with Crippen molar-refractivity contribution in [1.82, 2.24) is 0 Å². The summed E-state index contributed by atoms with van der Waals surface area (Å²) < 4.78 is 0. The van der Waals surface area contributed by atoms with Crippen LogP contribution >= 0.6 is 0 Å². The van der Waals surface area contributed by atoms with Gasteiger partial charge in [-0.05, 0) is 50.7 Å². The summed E-state index contributed by atoms with van der Waals surface area (Å²) in [6, 6.07) is 0.227. The maximum Gasteiger partial charge on any atom is 0.00510 e. The first-order valence-electron chi connectivity index (χ1n) is 7.08. The van der Waals surface area contributed by atoms with Crippen LogP contribution in [0.2, 0.25) is 0 Å². The van der Waals surface area contributed by atoms with Gasteiger partial charge in [-0.3, -0.25) is 0 Å². The fourth-order valence-corrected chi connectivity index (χ4v) is 1.95. The van der Waals surface area contributed by atoms with E-state index in [1.54, 1.807) is 0 Å². The minimum Gasteiger partial charge on any atom is -0.328 e. The van der Waals surface area contributed by atoms with Gasteiger partial charge in [0.15, 0.2) is 0 Å². The van der Waals surface area contributed by atoms with Gasteiger partial charge >= 0.3 is 0 Å². The summed E-state index contributed by atoms with van der Waals surface area (Å²) in [5.41, 5.74) is 9.95. The molecule has 0 saturated heterocycles. The van der Waals surface area contributed by atoms with E-state index in [1.165, 1.54) is 29.6 Å². The summed E-state index contributed by atoms with van der Waals surface area (Å²) in [6.07, 6.45) is 13.2.